The Balaban J connectivity index is 1.66. The van der Waals surface area contributed by atoms with E-state index in [1.54, 1.807) is 0 Å². The van der Waals surface area contributed by atoms with Crippen molar-refractivity contribution in [2.75, 3.05) is 0 Å². The molecule has 0 saturated carbocycles. The largest absolute Gasteiger partial charge is 0.495 e. The zero-order valence-electron chi connectivity index (χ0n) is 19.4. The van der Waals surface area contributed by atoms with Crippen molar-refractivity contribution in [1.29, 1.82) is 0 Å². The zero-order chi connectivity index (χ0) is 23.1. The summed E-state index contributed by atoms with van der Waals surface area (Å²) in [6.45, 7) is 8.26. The van der Waals surface area contributed by atoms with Gasteiger partial charge in [0.25, 0.3) is 0 Å². The van der Waals surface area contributed by atoms with E-state index >= 15 is 0 Å². The number of aromatic nitrogens is 2. The van der Waals surface area contributed by atoms with Gasteiger partial charge in [0.15, 0.2) is 5.82 Å². The normalized spacial score (nSPS) is 16.7. The van der Waals surface area contributed by atoms with Crippen molar-refractivity contribution in [1.82, 2.24) is 9.97 Å². The molecule has 0 aliphatic carbocycles. The van der Waals surface area contributed by atoms with Crippen molar-refractivity contribution >= 4 is 12.6 Å². The van der Waals surface area contributed by atoms with E-state index in [1.807, 2.05) is 66.7 Å². The summed E-state index contributed by atoms with van der Waals surface area (Å²) in [5, 5.41) is 0. The minimum absolute atomic E-state index is 0.424. The molecule has 0 radical (unpaired) electrons. The molecular formula is C28H27BN2O2. The summed E-state index contributed by atoms with van der Waals surface area (Å²) < 4.78 is 12.7. The SMILES string of the molecule is CC1(C)OB(c2ccccc2-c2nc(-c3ccccc3)cc(-c3ccccc3)n2)OC1(C)C. The molecule has 1 aliphatic rings. The topological polar surface area (TPSA) is 44.2 Å². The Morgan fingerprint density at radius 1 is 0.606 bits per heavy atom. The number of hydrogen-bond acceptors (Lipinski definition) is 4. The fourth-order valence-corrected chi connectivity index (χ4v) is 3.96. The highest BCUT2D eigenvalue weighted by atomic mass is 16.7. The third kappa shape index (κ3) is 4.10. The van der Waals surface area contributed by atoms with E-state index in [-0.39, 0.29) is 0 Å². The molecule has 33 heavy (non-hydrogen) atoms. The van der Waals surface area contributed by atoms with Crippen LogP contribution in [0.25, 0.3) is 33.9 Å². The van der Waals surface area contributed by atoms with Crippen molar-refractivity contribution in [2.45, 2.75) is 38.9 Å². The Hall–Kier alpha value is -3.28. The highest BCUT2D eigenvalue weighted by Gasteiger charge is 2.52. The molecule has 1 saturated heterocycles. The second kappa shape index (κ2) is 8.25. The highest BCUT2D eigenvalue weighted by molar-refractivity contribution is 6.63. The second-order valence-corrected chi connectivity index (χ2v) is 9.37. The molecule has 4 nitrogen and oxygen atoms in total. The molecule has 1 fully saturated rings. The van der Waals surface area contributed by atoms with Gasteiger partial charge >= 0.3 is 7.12 Å². The lowest BCUT2D eigenvalue weighted by molar-refractivity contribution is 0.00578. The van der Waals surface area contributed by atoms with Gasteiger partial charge < -0.3 is 9.31 Å². The Morgan fingerprint density at radius 3 is 1.58 bits per heavy atom. The van der Waals surface area contributed by atoms with Gasteiger partial charge in [0.2, 0.25) is 0 Å². The van der Waals surface area contributed by atoms with E-state index in [9.17, 15) is 0 Å². The number of hydrogen-bond donors (Lipinski definition) is 0. The average molecular weight is 434 g/mol. The first-order chi connectivity index (χ1) is 15.8. The van der Waals surface area contributed by atoms with Crippen LogP contribution in [0.1, 0.15) is 27.7 Å². The van der Waals surface area contributed by atoms with Crippen LogP contribution >= 0.6 is 0 Å². The van der Waals surface area contributed by atoms with Gasteiger partial charge in [0, 0.05) is 16.7 Å². The lowest BCUT2D eigenvalue weighted by Gasteiger charge is -2.32. The van der Waals surface area contributed by atoms with Crippen LogP contribution in [0, 0.1) is 0 Å². The van der Waals surface area contributed by atoms with E-state index < -0.39 is 18.3 Å². The summed E-state index contributed by atoms with van der Waals surface area (Å²) in [6, 6.07) is 30.5. The Kier molecular flexibility index (Phi) is 5.39. The van der Waals surface area contributed by atoms with Gasteiger partial charge in [-0.05, 0) is 39.2 Å². The Bertz CT molecular complexity index is 1200. The van der Waals surface area contributed by atoms with Crippen LogP contribution in [0.4, 0.5) is 0 Å². The van der Waals surface area contributed by atoms with Crippen LogP contribution < -0.4 is 5.46 Å². The lowest BCUT2D eigenvalue weighted by Crippen LogP contribution is -2.41. The van der Waals surface area contributed by atoms with Crippen LogP contribution in [0.3, 0.4) is 0 Å². The molecule has 5 rings (SSSR count). The smallest absolute Gasteiger partial charge is 0.399 e. The van der Waals surface area contributed by atoms with Gasteiger partial charge in [-0.25, -0.2) is 9.97 Å². The molecule has 1 aromatic heterocycles. The van der Waals surface area contributed by atoms with Gasteiger partial charge in [-0.15, -0.1) is 0 Å². The van der Waals surface area contributed by atoms with Gasteiger partial charge in [-0.2, -0.15) is 0 Å². The first kappa shape index (κ1) is 21.6. The predicted octanol–water partition coefficient (Wildman–Crippen LogP) is 5.78. The van der Waals surface area contributed by atoms with E-state index in [0.717, 1.165) is 33.5 Å². The molecule has 0 bridgehead atoms. The van der Waals surface area contributed by atoms with Crippen LogP contribution in [0.2, 0.25) is 0 Å². The number of nitrogens with zero attached hydrogens (tertiary/aromatic N) is 2. The van der Waals surface area contributed by atoms with Crippen molar-refractivity contribution in [3.05, 3.63) is 91.0 Å². The molecule has 3 aromatic carbocycles. The first-order valence-electron chi connectivity index (χ1n) is 11.3. The van der Waals surface area contributed by atoms with Crippen molar-refractivity contribution < 1.29 is 9.31 Å². The summed E-state index contributed by atoms with van der Waals surface area (Å²) in [6.07, 6.45) is 0. The van der Waals surface area contributed by atoms with Crippen molar-refractivity contribution in [3.63, 3.8) is 0 Å². The fraction of sp³-hybridized carbons (Fsp3) is 0.214. The van der Waals surface area contributed by atoms with Gasteiger partial charge in [0.05, 0.1) is 22.6 Å². The molecule has 0 amide bonds. The third-order valence-electron chi connectivity index (χ3n) is 6.57. The summed E-state index contributed by atoms with van der Waals surface area (Å²) in [7, 11) is -0.490. The van der Waals surface area contributed by atoms with Crippen LogP contribution in [-0.4, -0.2) is 28.3 Å². The number of benzene rings is 3. The van der Waals surface area contributed by atoms with E-state index in [0.29, 0.717) is 5.82 Å². The van der Waals surface area contributed by atoms with Crippen LogP contribution in [0.5, 0.6) is 0 Å². The molecule has 1 aliphatic heterocycles. The van der Waals surface area contributed by atoms with Crippen LogP contribution in [0.15, 0.2) is 91.0 Å². The standard InChI is InChI=1S/C28H27BN2O2/c1-27(2)28(3,4)33-29(32-27)23-18-12-11-17-22(23)26-30-24(20-13-7-5-8-14-20)19-25(31-26)21-15-9-6-10-16-21/h5-19H,1-4H3. The Morgan fingerprint density at radius 2 is 1.06 bits per heavy atom. The molecular weight excluding hydrogens is 407 g/mol. The predicted molar refractivity (Wildman–Crippen MR) is 134 cm³/mol. The maximum absolute atomic E-state index is 6.36. The molecule has 0 unspecified atom stereocenters. The average Bonchev–Trinajstić information content (AvgIpc) is 3.06. The highest BCUT2D eigenvalue weighted by Crippen LogP contribution is 2.37. The van der Waals surface area contributed by atoms with Gasteiger partial charge in [-0.1, -0.05) is 84.9 Å². The fourth-order valence-electron chi connectivity index (χ4n) is 3.96. The molecule has 2 heterocycles. The maximum Gasteiger partial charge on any atom is 0.495 e. The van der Waals surface area contributed by atoms with E-state index in [2.05, 4.69) is 52.0 Å². The van der Waals surface area contributed by atoms with Crippen molar-refractivity contribution in [2.24, 2.45) is 0 Å². The van der Waals surface area contributed by atoms with E-state index in [4.69, 9.17) is 19.3 Å². The summed E-state index contributed by atoms with van der Waals surface area (Å²) >= 11 is 0. The summed E-state index contributed by atoms with van der Waals surface area (Å²) in [5.74, 6) is 0.653. The molecule has 5 heteroatoms. The molecule has 0 atom stereocenters. The van der Waals surface area contributed by atoms with Gasteiger partial charge in [0.1, 0.15) is 0 Å². The van der Waals surface area contributed by atoms with Crippen LogP contribution in [-0.2, 0) is 9.31 Å². The summed E-state index contributed by atoms with van der Waals surface area (Å²) in [4.78, 5) is 9.96. The molecule has 0 spiro atoms. The number of rotatable bonds is 4. The maximum atomic E-state index is 6.36. The zero-order valence-corrected chi connectivity index (χ0v) is 19.4. The quantitative estimate of drug-likeness (QED) is 0.382. The van der Waals surface area contributed by atoms with Crippen molar-refractivity contribution in [3.8, 4) is 33.9 Å². The van der Waals surface area contributed by atoms with Gasteiger partial charge in [-0.3, -0.25) is 0 Å². The minimum Gasteiger partial charge on any atom is -0.399 e. The molecule has 0 N–H and O–H groups in total. The Labute approximate surface area is 195 Å². The third-order valence-corrected chi connectivity index (χ3v) is 6.57. The first-order valence-corrected chi connectivity index (χ1v) is 11.3. The molecule has 164 valence electrons. The monoisotopic (exact) mass is 434 g/mol. The lowest BCUT2D eigenvalue weighted by atomic mass is 9.75. The second-order valence-electron chi connectivity index (χ2n) is 9.37. The van der Waals surface area contributed by atoms with E-state index in [1.165, 1.54) is 0 Å². The molecule has 4 aromatic rings. The minimum atomic E-state index is -0.490. The summed E-state index contributed by atoms with van der Waals surface area (Å²) in [5.41, 5.74) is 4.84.